The Balaban J connectivity index is 1.40. The van der Waals surface area contributed by atoms with Crippen molar-refractivity contribution in [2.75, 3.05) is 0 Å². The number of aromatic hydroxyl groups is 1. The van der Waals surface area contributed by atoms with E-state index in [1.54, 1.807) is 0 Å². The van der Waals surface area contributed by atoms with Gasteiger partial charge in [-0.15, -0.1) is 0 Å². The molecule has 2 aliphatic heterocycles. The van der Waals surface area contributed by atoms with Gasteiger partial charge in [0.15, 0.2) is 0 Å². The second-order valence-corrected chi connectivity index (χ2v) is 7.26. The van der Waals surface area contributed by atoms with Crippen molar-refractivity contribution < 1.29 is 14.6 Å². The summed E-state index contributed by atoms with van der Waals surface area (Å²) in [5.41, 5.74) is 2.55. The molecule has 1 aromatic carbocycles. The van der Waals surface area contributed by atoms with Crippen LogP contribution in [-0.4, -0.2) is 29.5 Å². The quantitative estimate of drug-likeness (QED) is 0.847. The average molecular weight is 286 g/mol. The topological polar surface area (TPSA) is 45.3 Å². The maximum absolute atomic E-state index is 10.3. The van der Waals surface area contributed by atoms with Gasteiger partial charge < -0.3 is 14.6 Å². The molecule has 2 aliphatic carbocycles. The Hall–Kier alpha value is -1.06. The number of benzene rings is 1. The van der Waals surface area contributed by atoms with E-state index in [9.17, 15) is 5.11 Å². The van der Waals surface area contributed by atoms with Crippen molar-refractivity contribution in [3.63, 3.8) is 0 Å². The summed E-state index contributed by atoms with van der Waals surface area (Å²) in [4.78, 5) is 0. The molecular weight excluding hydrogens is 264 g/mol. The van der Waals surface area contributed by atoms with Crippen molar-refractivity contribution in [3.05, 3.63) is 29.3 Å². The zero-order valence-electron chi connectivity index (χ0n) is 12.2. The number of ether oxygens (including phenoxy) is 2. The molecule has 4 aliphatic rings. The summed E-state index contributed by atoms with van der Waals surface area (Å²) >= 11 is 0. The van der Waals surface area contributed by atoms with Crippen LogP contribution in [0.5, 0.6) is 5.75 Å². The molecule has 112 valence electrons. The molecule has 3 heteroatoms. The van der Waals surface area contributed by atoms with Gasteiger partial charge in [0.25, 0.3) is 0 Å². The molecule has 21 heavy (non-hydrogen) atoms. The summed E-state index contributed by atoms with van der Waals surface area (Å²) in [6, 6.07) is 6.30. The Kier molecular flexibility index (Phi) is 2.65. The van der Waals surface area contributed by atoms with Crippen LogP contribution in [0.4, 0.5) is 0 Å². The first-order valence-corrected chi connectivity index (χ1v) is 8.41. The fraction of sp³-hybridized carbons (Fsp3) is 0.667. The lowest BCUT2D eigenvalue weighted by molar-refractivity contribution is 0.371. The number of epoxide rings is 2. The molecule has 2 saturated carbocycles. The predicted octanol–water partition coefficient (Wildman–Crippen LogP) is 3.46. The van der Waals surface area contributed by atoms with Crippen LogP contribution < -0.4 is 0 Å². The molecule has 6 unspecified atom stereocenters. The van der Waals surface area contributed by atoms with Gasteiger partial charge in [0.2, 0.25) is 0 Å². The van der Waals surface area contributed by atoms with Crippen molar-refractivity contribution in [2.24, 2.45) is 0 Å². The molecule has 2 saturated heterocycles. The van der Waals surface area contributed by atoms with Crippen molar-refractivity contribution in [2.45, 2.75) is 74.8 Å². The number of hydrogen-bond acceptors (Lipinski definition) is 3. The van der Waals surface area contributed by atoms with E-state index >= 15 is 0 Å². The smallest absolute Gasteiger partial charge is 0.119 e. The molecule has 0 spiro atoms. The lowest BCUT2D eigenvalue weighted by Crippen LogP contribution is -2.14. The zero-order valence-corrected chi connectivity index (χ0v) is 12.2. The SMILES string of the molecule is Oc1ccc(C2CCC3OC3C2)cc1C1CCC2OC2C1. The maximum Gasteiger partial charge on any atom is 0.119 e. The van der Waals surface area contributed by atoms with Crippen LogP contribution >= 0.6 is 0 Å². The van der Waals surface area contributed by atoms with Crippen LogP contribution in [0.1, 0.15) is 61.5 Å². The van der Waals surface area contributed by atoms with Gasteiger partial charge in [-0.05, 0) is 67.6 Å². The summed E-state index contributed by atoms with van der Waals surface area (Å²) in [6.07, 6.45) is 9.02. The molecule has 2 heterocycles. The minimum atomic E-state index is 0.460. The summed E-state index contributed by atoms with van der Waals surface area (Å²) in [7, 11) is 0. The van der Waals surface area contributed by atoms with Crippen LogP contribution in [0, 0.1) is 0 Å². The summed E-state index contributed by atoms with van der Waals surface area (Å²) in [5.74, 6) is 1.56. The van der Waals surface area contributed by atoms with Gasteiger partial charge in [-0.1, -0.05) is 12.1 Å². The van der Waals surface area contributed by atoms with Gasteiger partial charge in [0.1, 0.15) is 5.75 Å². The first-order valence-electron chi connectivity index (χ1n) is 8.41. The molecule has 6 atom stereocenters. The van der Waals surface area contributed by atoms with Gasteiger partial charge in [0, 0.05) is 0 Å². The molecule has 0 radical (unpaired) electrons. The molecule has 4 fully saturated rings. The fourth-order valence-electron chi connectivity index (χ4n) is 4.55. The number of phenols is 1. The van der Waals surface area contributed by atoms with Crippen molar-refractivity contribution >= 4 is 0 Å². The third kappa shape index (κ3) is 2.18. The van der Waals surface area contributed by atoms with E-state index in [0.717, 1.165) is 31.2 Å². The van der Waals surface area contributed by atoms with Gasteiger partial charge >= 0.3 is 0 Å². The van der Waals surface area contributed by atoms with Gasteiger partial charge in [-0.25, -0.2) is 0 Å². The van der Waals surface area contributed by atoms with E-state index in [1.807, 2.05) is 6.07 Å². The number of phenolic OH excluding ortho intramolecular Hbond substituents is 1. The molecule has 0 bridgehead atoms. The molecular formula is C18H22O3. The molecule has 3 nitrogen and oxygen atoms in total. The molecule has 5 rings (SSSR count). The van der Waals surface area contributed by atoms with Crippen molar-refractivity contribution in [1.29, 1.82) is 0 Å². The highest BCUT2D eigenvalue weighted by Gasteiger charge is 2.45. The number of hydrogen-bond donors (Lipinski definition) is 1. The lowest BCUT2D eigenvalue weighted by atomic mass is 9.79. The van der Waals surface area contributed by atoms with Crippen LogP contribution in [0.3, 0.4) is 0 Å². The van der Waals surface area contributed by atoms with E-state index in [1.165, 1.54) is 18.4 Å². The molecule has 0 amide bonds. The van der Waals surface area contributed by atoms with Gasteiger partial charge in [-0.3, -0.25) is 0 Å². The summed E-state index contributed by atoms with van der Waals surface area (Å²) < 4.78 is 11.3. The Morgan fingerprint density at radius 1 is 0.810 bits per heavy atom. The van der Waals surface area contributed by atoms with E-state index in [2.05, 4.69) is 12.1 Å². The zero-order chi connectivity index (χ0) is 14.0. The fourth-order valence-corrected chi connectivity index (χ4v) is 4.55. The Morgan fingerprint density at radius 3 is 2.19 bits per heavy atom. The Labute approximate surface area is 125 Å². The van der Waals surface area contributed by atoms with Crippen LogP contribution in [0.15, 0.2) is 18.2 Å². The normalized spacial score (nSPS) is 43.8. The monoisotopic (exact) mass is 286 g/mol. The Morgan fingerprint density at radius 2 is 1.48 bits per heavy atom. The second kappa shape index (κ2) is 4.47. The van der Waals surface area contributed by atoms with Gasteiger partial charge in [-0.2, -0.15) is 0 Å². The second-order valence-electron chi connectivity index (χ2n) is 7.26. The predicted molar refractivity (Wildman–Crippen MR) is 78.6 cm³/mol. The van der Waals surface area contributed by atoms with Crippen LogP contribution in [0.2, 0.25) is 0 Å². The third-order valence-corrected chi connectivity index (χ3v) is 5.97. The minimum absolute atomic E-state index is 0.460. The minimum Gasteiger partial charge on any atom is -0.508 e. The van der Waals surface area contributed by atoms with Crippen LogP contribution in [-0.2, 0) is 9.47 Å². The van der Waals surface area contributed by atoms with E-state index < -0.39 is 0 Å². The number of fused-ring (bicyclic) bond motifs is 2. The highest BCUT2D eigenvalue weighted by molar-refractivity contribution is 5.41. The van der Waals surface area contributed by atoms with Crippen molar-refractivity contribution in [3.8, 4) is 5.75 Å². The summed E-state index contributed by atoms with van der Waals surface area (Å²) in [5, 5.41) is 10.3. The third-order valence-electron chi connectivity index (χ3n) is 5.97. The first-order chi connectivity index (χ1) is 10.3. The lowest BCUT2D eigenvalue weighted by Gasteiger charge is -2.24. The standard InChI is InChI=1S/C18H22O3/c19-14-4-1-10(11-2-5-15-17(8-11)20-15)7-13(14)12-3-6-16-18(9-12)21-16/h1,4,7,11-12,15-19H,2-3,5-6,8-9H2. The Bertz CT molecular complexity index is 570. The summed E-state index contributed by atoms with van der Waals surface area (Å²) in [6.45, 7) is 0. The van der Waals surface area contributed by atoms with Gasteiger partial charge in [0.05, 0.1) is 24.4 Å². The van der Waals surface area contributed by atoms with Crippen molar-refractivity contribution in [1.82, 2.24) is 0 Å². The van der Waals surface area contributed by atoms with Crippen LogP contribution in [0.25, 0.3) is 0 Å². The first kappa shape index (κ1) is 12.5. The van der Waals surface area contributed by atoms with E-state index in [0.29, 0.717) is 42.0 Å². The van der Waals surface area contributed by atoms with E-state index in [-0.39, 0.29) is 0 Å². The highest BCUT2D eigenvalue weighted by atomic mass is 16.6. The highest BCUT2D eigenvalue weighted by Crippen LogP contribution is 2.48. The molecule has 0 aromatic heterocycles. The van der Waals surface area contributed by atoms with E-state index in [4.69, 9.17) is 9.47 Å². The molecule has 1 N–H and O–H groups in total. The largest absolute Gasteiger partial charge is 0.508 e. The maximum atomic E-state index is 10.3. The molecule has 1 aromatic rings. The number of rotatable bonds is 2. The average Bonchev–Trinajstić information content (AvgIpc) is 3.40.